The highest BCUT2D eigenvalue weighted by molar-refractivity contribution is 5.34. The second-order valence-electron chi connectivity index (χ2n) is 7.20. The first-order valence-electron chi connectivity index (χ1n) is 9.46. The van der Waals surface area contributed by atoms with E-state index >= 15 is 0 Å². The van der Waals surface area contributed by atoms with Gasteiger partial charge in [0.25, 0.3) is 0 Å². The van der Waals surface area contributed by atoms with Crippen molar-refractivity contribution in [3.8, 4) is 11.6 Å². The zero-order chi connectivity index (χ0) is 17.9. The second kappa shape index (κ2) is 7.58. The number of aromatic nitrogens is 2. The van der Waals surface area contributed by atoms with E-state index in [2.05, 4.69) is 26.7 Å². The van der Waals surface area contributed by atoms with Gasteiger partial charge < -0.3 is 9.64 Å². The third-order valence-corrected chi connectivity index (χ3v) is 5.47. The van der Waals surface area contributed by atoms with Gasteiger partial charge in [0.1, 0.15) is 11.6 Å². The van der Waals surface area contributed by atoms with Gasteiger partial charge in [0.05, 0.1) is 0 Å². The Kier molecular flexibility index (Phi) is 5.02. The predicted molar refractivity (Wildman–Crippen MR) is 99.1 cm³/mol. The summed E-state index contributed by atoms with van der Waals surface area (Å²) in [5.74, 6) is 1.48. The van der Waals surface area contributed by atoms with Crippen molar-refractivity contribution in [1.29, 1.82) is 0 Å². The molecule has 6 heteroatoms. The quantitative estimate of drug-likeness (QED) is 0.832. The van der Waals surface area contributed by atoms with Gasteiger partial charge in [0, 0.05) is 37.4 Å². The van der Waals surface area contributed by atoms with Crippen LogP contribution in [0.25, 0.3) is 0 Å². The SMILES string of the molecule is CC1CCCN1C1CCN(c2nccc(Oc3ccc(F)cc3)n2)CC1. The van der Waals surface area contributed by atoms with E-state index in [1.54, 1.807) is 24.4 Å². The average molecular weight is 356 g/mol. The maximum Gasteiger partial charge on any atom is 0.228 e. The number of anilines is 1. The number of halogens is 1. The lowest BCUT2D eigenvalue weighted by molar-refractivity contribution is 0.163. The molecule has 0 spiro atoms. The van der Waals surface area contributed by atoms with Crippen LogP contribution >= 0.6 is 0 Å². The van der Waals surface area contributed by atoms with E-state index in [-0.39, 0.29) is 5.82 Å². The summed E-state index contributed by atoms with van der Waals surface area (Å²) in [4.78, 5) is 13.9. The zero-order valence-electron chi connectivity index (χ0n) is 15.1. The molecule has 1 atom stereocenters. The highest BCUT2D eigenvalue weighted by Crippen LogP contribution is 2.27. The summed E-state index contributed by atoms with van der Waals surface area (Å²) in [5, 5.41) is 0. The van der Waals surface area contributed by atoms with Crippen molar-refractivity contribution in [1.82, 2.24) is 14.9 Å². The molecule has 2 fully saturated rings. The topological polar surface area (TPSA) is 41.5 Å². The minimum atomic E-state index is -0.282. The van der Waals surface area contributed by atoms with Crippen molar-refractivity contribution in [3.63, 3.8) is 0 Å². The molecular weight excluding hydrogens is 331 g/mol. The van der Waals surface area contributed by atoms with Gasteiger partial charge in [-0.15, -0.1) is 0 Å². The summed E-state index contributed by atoms with van der Waals surface area (Å²) in [6, 6.07) is 9.08. The molecule has 4 rings (SSSR count). The Morgan fingerprint density at radius 2 is 1.81 bits per heavy atom. The smallest absolute Gasteiger partial charge is 0.228 e. The van der Waals surface area contributed by atoms with Crippen LogP contribution in [-0.4, -0.2) is 46.6 Å². The number of ether oxygens (including phenoxy) is 1. The first kappa shape index (κ1) is 17.2. The summed E-state index contributed by atoms with van der Waals surface area (Å²) in [6.45, 7) is 5.52. The molecule has 3 heterocycles. The van der Waals surface area contributed by atoms with E-state index in [1.165, 1.54) is 31.5 Å². The highest BCUT2D eigenvalue weighted by atomic mass is 19.1. The van der Waals surface area contributed by atoms with Crippen molar-refractivity contribution in [2.24, 2.45) is 0 Å². The standard InChI is InChI=1S/C20H25FN4O/c1-15-3-2-12-25(15)17-9-13-24(14-10-17)20-22-11-8-19(23-20)26-18-6-4-16(21)5-7-18/h4-8,11,15,17H,2-3,9-10,12-14H2,1H3. The minimum absolute atomic E-state index is 0.282. The molecule has 138 valence electrons. The molecular formula is C20H25FN4O. The molecule has 1 unspecified atom stereocenters. The molecule has 0 aliphatic carbocycles. The predicted octanol–water partition coefficient (Wildman–Crippen LogP) is 3.86. The van der Waals surface area contributed by atoms with Crippen molar-refractivity contribution in [3.05, 3.63) is 42.3 Å². The number of nitrogens with zero attached hydrogens (tertiary/aromatic N) is 4. The summed E-state index contributed by atoms with van der Waals surface area (Å²) in [6.07, 6.45) is 6.67. The number of likely N-dealkylation sites (tertiary alicyclic amines) is 1. The van der Waals surface area contributed by atoms with Gasteiger partial charge in [-0.3, -0.25) is 4.90 Å². The molecule has 2 aliphatic heterocycles. The summed E-state index contributed by atoms with van der Waals surface area (Å²) < 4.78 is 18.7. The first-order valence-corrected chi connectivity index (χ1v) is 9.46. The molecule has 2 saturated heterocycles. The van der Waals surface area contributed by atoms with Crippen molar-refractivity contribution in [2.75, 3.05) is 24.5 Å². The molecule has 26 heavy (non-hydrogen) atoms. The van der Waals surface area contributed by atoms with E-state index < -0.39 is 0 Å². The van der Waals surface area contributed by atoms with Gasteiger partial charge >= 0.3 is 0 Å². The normalized spacial score (nSPS) is 21.9. The Bertz CT molecular complexity index is 731. The summed E-state index contributed by atoms with van der Waals surface area (Å²) in [5.41, 5.74) is 0. The molecule has 1 aromatic heterocycles. The maximum atomic E-state index is 13.0. The lowest BCUT2D eigenvalue weighted by Gasteiger charge is -2.38. The molecule has 0 radical (unpaired) electrons. The van der Waals surface area contributed by atoms with E-state index in [1.807, 2.05) is 0 Å². The van der Waals surface area contributed by atoms with Gasteiger partial charge in [-0.1, -0.05) is 0 Å². The largest absolute Gasteiger partial charge is 0.439 e. The van der Waals surface area contributed by atoms with Gasteiger partial charge in [-0.2, -0.15) is 4.98 Å². The van der Waals surface area contributed by atoms with Crippen LogP contribution in [-0.2, 0) is 0 Å². The van der Waals surface area contributed by atoms with E-state index in [0.717, 1.165) is 32.0 Å². The first-order chi connectivity index (χ1) is 12.7. The fraction of sp³-hybridized carbons (Fsp3) is 0.500. The second-order valence-corrected chi connectivity index (χ2v) is 7.20. The van der Waals surface area contributed by atoms with Crippen LogP contribution in [0.3, 0.4) is 0 Å². The Morgan fingerprint density at radius 3 is 2.50 bits per heavy atom. The van der Waals surface area contributed by atoms with E-state index in [4.69, 9.17) is 4.74 Å². The number of piperidine rings is 1. The third kappa shape index (κ3) is 3.80. The Hall–Kier alpha value is -2.21. The molecule has 0 amide bonds. The lowest BCUT2D eigenvalue weighted by atomic mass is 10.0. The molecule has 2 aromatic rings. The van der Waals surface area contributed by atoms with Gasteiger partial charge in [-0.05, 0) is 63.4 Å². The van der Waals surface area contributed by atoms with Crippen LogP contribution in [0.2, 0.25) is 0 Å². The molecule has 0 bridgehead atoms. The van der Waals surface area contributed by atoms with Crippen LogP contribution in [0, 0.1) is 5.82 Å². The third-order valence-electron chi connectivity index (χ3n) is 5.47. The van der Waals surface area contributed by atoms with Crippen molar-refractivity contribution in [2.45, 2.75) is 44.7 Å². The van der Waals surface area contributed by atoms with E-state index in [0.29, 0.717) is 23.6 Å². The molecule has 1 aromatic carbocycles. The van der Waals surface area contributed by atoms with Crippen LogP contribution < -0.4 is 9.64 Å². The van der Waals surface area contributed by atoms with Crippen LogP contribution in [0.5, 0.6) is 11.6 Å². The maximum absolute atomic E-state index is 13.0. The summed E-state index contributed by atoms with van der Waals surface area (Å²) >= 11 is 0. The van der Waals surface area contributed by atoms with Gasteiger partial charge in [0.2, 0.25) is 11.8 Å². The molecule has 2 aliphatic rings. The number of hydrogen-bond acceptors (Lipinski definition) is 5. The molecule has 0 N–H and O–H groups in total. The van der Waals surface area contributed by atoms with Gasteiger partial charge in [0.15, 0.2) is 0 Å². The Balaban J connectivity index is 1.38. The number of rotatable bonds is 4. The average Bonchev–Trinajstić information content (AvgIpc) is 3.10. The molecule has 0 saturated carbocycles. The molecule has 5 nitrogen and oxygen atoms in total. The fourth-order valence-corrected chi connectivity index (χ4v) is 4.06. The monoisotopic (exact) mass is 356 g/mol. The van der Waals surface area contributed by atoms with Gasteiger partial charge in [-0.25, -0.2) is 9.37 Å². The van der Waals surface area contributed by atoms with Crippen molar-refractivity contribution >= 4 is 5.95 Å². The fourth-order valence-electron chi connectivity index (χ4n) is 4.06. The van der Waals surface area contributed by atoms with E-state index in [9.17, 15) is 4.39 Å². The number of hydrogen-bond donors (Lipinski definition) is 0. The number of benzene rings is 1. The Morgan fingerprint density at radius 1 is 1.04 bits per heavy atom. The summed E-state index contributed by atoms with van der Waals surface area (Å²) in [7, 11) is 0. The highest BCUT2D eigenvalue weighted by Gasteiger charge is 2.31. The van der Waals surface area contributed by atoms with Crippen LogP contribution in [0.1, 0.15) is 32.6 Å². The lowest BCUT2D eigenvalue weighted by Crippen LogP contribution is -2.46. The zero-order valence-corrected chi connectivity index (χ0v) is 15.1. The van der Waals surface area contributed by atoms with Crippen LogP contribution in [0.4, 0.5) is 10.3 Å². The minimum Gasteiger partial charge on any atom is -0.439 e. The Labute approximate surface area is 153 Å². The van der Waals surface area contributed by atoms with Crippen LogP contribution in [0.15, 0.2) is 36.5 Å². The van der Waals surface area contributed by atoms with Crippen molar-refractivity contribution < 1.29 is 9.13 Å².